The molecule has 1 N–H and O–H groups in total. The molecule has 1 fully saturated rings. The summed E-state index contributed by atoms with van der Waals surface area (Å²) in [5, 5.41) is 3.05. The monoisotopic (exact) mass is 469 g/mol. The summed E-state index contributed by atoms with van der Waals surface area (Å²) in [7, 11) is 0. The van der Waals surface area contributed by atoms with Crippen LogP contribution in [0.1, 0.15) is 53.7 Å². The molecular weight excluding hydrogens is 430 g/mol. The lowest BCUT2D eigenvalue weighted by molar-refractivity contribution is 0.0951. The summed E-state index contributed by atoms with van der Waals surface area (Å²) in [6, 6.07) is 27.4. The Morgan fingerprint density at radius 3 is 2.09 bits per heavy atom. The Hall–Kier alpha value is -3.11. The number of anilines is 1. The van der Waals surface area contributed by atoms with Gasteiger partial charge in [0, 0.05) is 37.4 Å². The SMILES string of the molecule is CCN(CC)c1ccc(CNC(=O)c2ccc(CN3CCC(Cc4ccccc4)CC3)cc2)cc1. The molecule has 1 amide bonds. The zero-order valence-corrected chi connectivity index (χ0v) is 21.2. The third-order valence-electron chi connectivity index (χ3n) is 7.21. The van der Waals surface area contributed by atoms with Gasteiger partial charge in [0.25, 0.3) is 5.91 Å². The Morgan fingerprint density at radius 2 is 1.46 bits per heavy atom. The van der Waals surface area contributed by atoms with E-state index in [4.69, 9.17) is 0 Å². The quantitative estimate of drug-likeness (QED) is 0.400. The first kappa shape index (κ1) is 25.0. The summed E-state index contributed by atoms with van der Waals surface area (Å²) in [5.41, 5.74) is 5.78. The molecule has 0 aliphatic carbocycles. The molecule has 3 aromatic carbocycles. The van der Waals surface area contributed by atoms with E-state index in [1.165, 1.54) is 36.1 Å². The number of amides is 1. The molecule has 0 spiro atoms. The minimum absolute atomic E-state index is 0.0221. The maximum absolute atomic E-state index is 12.6. The van der Waals surface area contributed by atoms with Crippen molar-refractivity contribution < 1.29 is 4.79 Å². The van der Waals surface area contributed by atoms with E-state index in [9.17, 15) is 4.79 Å². The van der Waals surface area contributed by atoms with Crippen LogP contribution in [0.25, 0.3) is 0 Å². The molecule has 1 saturated heterocycles. The fourth-order valence-corrected chi connectivity index (χ4v) is 5.01. The largest absolute Gasteiger partial charge is 0.372 e. The van der Waals surface area contributed by atoms with Crippen molar-refractivity contribution in [3.05, 3.63) is 101 Å². The minimum Gasteiger partial charge on any atom is -0.372 e. The standard InChI is InChI=1S/C31H39N3O/c1-3-34(4-2)30-16-12-27(13-17-30)23-32-31(35)29-14-10-28(11-15-29)24-33-20-18-26(19-21-33)22-25-8-6-5-7-9-25/h5-17,26H,3-4,18-24H2,1-2H3,(H,32,35). The van der Waals surface area contributed by atoms with E-state index in [2.05, 4.69) is 95.7 Å². The number of nitrogens with zero attached hydrogens (tertiary/aromatic N) is 2. The van der Waals surface area contributed by atoms with Crippen molar-refractivity contribution in [1.82, 2.24) is 10.2 Å². The summed E-state index contributed by atoms with van der Waals surface area (Å²) in [6.45, 7) is 10.1. The van der Waals surface area contributed by atoms with Crippen LogP contribution in [-0.4, -0.2) is 37.0 Å². The molecule has 35 heavy (non-hydrogen) atoms. The normalized spacial score (nSPS) is 14.6. The summed E-state index contributed by atoms with van der Waals surface area (Å²) in [5.74, 6) is 0.763. The van der Waals surface area contributed by atoms with Crippen LogP contribution >= 0.6 is 0 Å². The van der Waals surface area contributed by atoms with Crippen LogP contribution in [0.4, 0.5) is 5.69 Å². The average Bonchev–Trinajstić information content (AvgIpc) is 2.91. The van der Waals surface area contributed by atoms with Gasteiger partial charge >= 0.3 is 0 Å². The molecule has 4 heteroatoms. The van der Waals surface area contributed by atoms with Gasteiger partial charge in [-0.25, -0.2) is 0 Å². The Kier molecular flexibility index (Phi) is 8.96. The second-order valence-electron chi connectivity index (χ2n) is 9.63. The predicted molar refractivity (Wildman–Crippen MR) is 146 cm³/mol. The van der Waals surface area contributed by atoms with Crippen LogP contribution in [0.15, 0.2) is 78.9 Å². The summed E-state index contributed by atoms with van der Waals surface area (Å²) in [6.07, 6.45) is 3.70. The lowest BCUT2D eigenvalue weighted by atomic mass is 9.90. The smallest absolute Gasteiger partial charge is 0.251 e. The summed E-state index contributed by atoms with van der Waals surface area (Å²) < 4.78 is 0. The molecule has 0 atom stereocenters. The average molecular weight is 470 g/mol. The van der Waals surface area contributed by atoms with Gasteiger partial charge < -0.3 is 10.2 Å². The van der Waals surface area contributed by atoms with Crippen LogP contribution in [0.3, 0.4) is 0 Å². The highest BCUT2D eigenvalue weighted by atomic mass is 16.1. The number of rotatable bonds is 10. The van der Waals surface area contributed by atoms with Crippen molar-refractivity contribution in [2.45, 2.75) is 46.2 Å². The van der Waals surface area contributed by atoms with E-state index in [-0.39, 0.29) is 5.91 Å². The first-order valence-electron chi connectivity index (χ1n) is 13.1. The second kappa shape index (κ2) is 12.6. The zero-order chi connectivity index (χ0) is 24.5. The van der Waals surface area contributed by atoms with E-state index >= 15 is 0 Å². The van der Waals surface area contributed by atoms with Gasteiger partial charge in [0.15, 0.2) is 0 Å². The van der Waals surface area contributed by atoms with Crippen LogP contribution in [0, 0.1) is 5.92 Å². The Bertz CT molecular complexity index is 1030. The van der Waals surface area contributed by atoms with Crippen LogP contribution in [0.2, 0.25) is 0 Å². The molecule has 0 saturated carbocycles. The van der Waals surface area contributed by atoms with Crippen molar-refractivity contribution >= 4 is 11.6 Å². The minimum atomic E-state index is -0.0221. The molecule has 0 unspecified atom stereocenters. The van der Waals surface area contributed by atoms with Crippen molar-refractivity contribution in [3.63, 3.8) is 0 Å². The molecular formula is C31H39N3O. The summed E-state index contributed by atoms with van der Waals surface area (Å²) in [4.78, 5) is 17.5. The van der Waals surface area contributed by atoms with E-state index in [1.54, 1.807) is 0 Å². The van der Waals surface area contributed by atoms with Crippen molar-refractivity contribution in [1.29, 1.82) is 0 Å². The molecule has 1 aliphatic heterocycles. The van der Waals surface area contributed by atoms with Gasteiger partial charge in [-0.15, -0.1) is 0 Å². The molecule has 4 nitrogen and oxygen atoms in total. The van der Waals surface area contributed by atoms with Crippen LogP contribution in [-0.2, 0) is 19.5 Å². The van der Waals surface area contributed by atoms with E-state index < -0.39 is 0 Å². The lowest BCUT2D eigenvalue weighted by Crippen LogP contribution is -2.33. The van der Waals surface area contributed by atoms with Gasteiger partial charge in [0.1, 0.15) is 0 Å². The Balaban J connectivity index is 1.21. The number of carbonyl (C=O) groups is 1. The van der Waals surface area contributed by atoms with Crippen LogP contribution < -0.4 is 10.2 Å². The third-order valence-corrected chi connectivity index (χ3v) is 7.21. The van der Waals surface area contributed by atoms with Crippen molar-refractivity contribution in [2.24, 2.45) is 5.92 Å². The van der Waals surface area contributed by atoms with Crippen molar-refractivity contribution in [3.8, 4) is 0 Å². The maximum atomic E-state index is 12.6. The number of benzene rings is 3. The number of nitrogens with one attached hydrogen (secondary N) is 1. The third kappa shape index (κ3) is 7.19. The van der Waals surface area contributed by atoms with Gasteiger partial charge in [0.2, 0.25) is 0 Å². The maximum Gasteiger partial charge on any atom is 0.251 e. The molecule has 0 aromatic heterocycles. The number of likely N-dealkylation sites (tertiary alicyclic amines) is 1. The fourth-order valence-electron chi connectivity index (χ4n) is 5.01. The summed E-state index contributed by atoms with van der Waals surface area (Å²) >= 11 is 0. The molecule has 184 valence electrons. The molecule has 1 heterocycles. The molecule has 3 aromatic rings. The number of hydrogen-bond donors (Lipinski definition) is 1. The van der Waals surface area contributed by atoms with E-state index in [1.807, 2.05) is 12.1 Å². The molecule has 0 bridgehead atoms. The second-order valence-corrected chi connectivity index (χ2v) is 9.63. The zero-order valence-electron chi connectivity index (χ0n) is 21.2. The van der Waals surface area contributed by atoms with E-state index in [0.29, 0.717) is 6.54 Å². The highest BCUT2D eigenvalue weighted by Crippen LogP contribution is 2.23. The van der Waals surface area contributed by atoms with Crippen molar-refractivity contribution in [2.75, 3.05) is 31.1 Å². The Morgan fingerprint density at radius 1 is 0.829 bits per heavy atom. The van der Waals surface area contributed by atoms with Gasteiger partial charge in [-0.05, 0) is 93.1 Å². The first-order valence-corrected chi connectivity index (χ1v) is 13.1. The highest BCUT2D eigenvalue weighted by Gasteiger charge is 2.19. The molecule has 0 radical (unpaired) electrons. The topological polar surface area (TPSA) is 35.6 Å². The highest BCUT2D eigenvalue weighted by molar-refractivity contribution is 5.94. The fraction of sp³-hybridized carbons (Fsp3) is 0.387. The predicted octanol–water partition coefficient (Wildman–Crippen LogP) is 5.92. The molecule has 1 aliphatic rings. The van der Waals surface area contributed by atoms with Gasteiger partial charge in [-0.2, -0.15) is 0 Å². The van der Waals surface area contributed by atoms with Gasteiger partial charge in [0.05, 0.1) is 0 Å². The lowest BCUT2D eigenvalue weighted by Gasteiger charge is -2.32. The van der Waals surface area contributed by atoms with Gasteiger partial charge in [-0.1, -0.05) is 54.6 Å². The van der Waals surface area contributed by atoms with E-state index in [0.717, 1.165) is 49.8 Å². The molecule has 4 rings (SSSR count). The Labute approximate surface area is 211 Å². The first-order chi connectivity index (χ1) is 17.1. The van der Waals surface area contributed by atoms with Gasteiger partial charge in [-0.3, -0.25) is 9.69 Å². The van der Waals surface area contributed by atoms with Crippen LogP contribution in [0.5, 0.6) is 0 Å². The number of carbonyl (C=O) groups excluding carboxylic acids is 1. The number of piperidine rings is 1. The number of hydrogen-bond acceptors (Lipinski definition) is 3.